The van der Waals surface area contributed by atoms with Gasteiger partial charge >= 0.3 is 0 Å². The van der Waals surface area contributed by atoms with Gasteiger partial charge in [-0.1, -0.05) is 30.3 Å². The largest absolute Gasteiger partial charge is 0.361 e. The second-order valence-corrected chi connectivity index (χ2v) is 8.40. The van der Waals surface area contributed by atoms with E-state index in [0.717, 1.165) is 61.7 Å². The molecule has 1 amide bonds. The maximum absolute atomic E-state index is 13.5. The van der Waals surface area contributed by atoms with Gasteiger partial charge in [0.1, 0.15) is 5.82 Å². The highest BCUT2D eigenvalue weighted by molar-refractivity contribution is 5.97. The van der Waals surface area contributed by atoms with Gasteiger partial charge in [0, 0.05) is 30.2 Å². The Hall–Kier alpha value is -2.62. The van der Waals surface area contributed by atoms with Crippen LogP contribution < -0.4 is 0 Å². The Bertz CT molecular complexity index is 998. The predicted octanol–water partition coefficient (Wildman–Crippen LogP) is 4.82. The number of nitrogens with zero attached hydrogens (tertiary/aromatic N) is 1. The lowest BCUT2D eigenvalue weighted by Gasteiger charge is -2.34. The Balaban J connectivity index is 1.29. The molecule has 1 N–H and O–H groups in total. The second-order valence-electron chi connectivity index (χ2n) is 8.40. The Morgan fingerprint density at radius 3 is 2.57 bits per heavy atom. The van der Waals surface area contributed by atoms with Crippen LogP contribution in [0.4, 0.5) is 4.39 Å². The zero-order valence-corrected chi connectivity index (χ0v) is 16.0. The molecule has 1 saturated carbocycles. The predicted molar refractivity (Wildman–Crippen MR) is 109 cm³/mol. The van der Waals surface area contributed by atoms with Crippen LogP contribution in [-0.2, 0) is 16.6 Å². The Morgan fingerprint density at radius 2 is 1.86 bits per heavy atom. The summed E-state index contributed by atoms with van der Waals surface area (Å²) in [5.74, 6) is 0.658. The molecular weight excluding hydrogens is 351 g/mol. The Kier molecular flexibility index (Phi) is 4.22. The summed E-state index contributed by atoms with van der Waals surface area (Å²) in [7, 11) is 0. The fraction of sp³-hybridized carbons (Fsp3) is 0.375. The first kappa shape index (κ1) is 17.5. The summed E-state index contributed by atoms with van der Waals surface area (Å²) in [6.07, 6.45) is 6.92. The summed E-state index contributed by atoms with van der Waals surface area (Å²) in [6, 6.07) is 15.4. The van der Waals surface area contributed by atoms with E-state index in [1.54, 1.807) is 6.07 Å². The molecule has 1 saturated heterocycles. The van der Waals surface area contributed by atoms with Crippen LogP contribution >= 0.6 is 0 Å². The van der Waals surface area contributed by atoms with Gasteiger partial charge < -0.3 is 9.88 Å². The Labute approximate surface area is 164 Å². The molecule has 3 nitrogen and oxygen atoms in total. The molecule has 2 heterocycles. The summed E-state index contributed by atoms with van der Waals surface area (Å²) in [5, 5.41) is 0.978. The summed E-state index contributed by atoms with van der Waals surface area (Å²) < 4.78 is 13.5. The van der Waals surface area contributed by atoms with E-state index >= 15 is 0 Å². The van der Waals surface area contributed by atoms with Crippen LogP contribution in [0, 0.1) is 11.7 Å². The zero-order chi connectivity index (χ0) is 19.1. The van der Waals surface area contributed by atoms with Crippen molar-refractivity contribution < 1.29 is 9.18 Å². The van der Waals surface area contributed by atoms with E-state index in [1.165, 1.54) is 17.7 Å². The lowest BCUT2D eigenvalue weighted by molar-refractivity contribution is -0.135. The van der Waals surface area contributed by atoms with Crippen LogP contribution in [0.5, 0.6) is 0 Å². The molecule has 2 aromatic carbocycles. The minimum absolute atomic E-state index is 0.252. The highest BCUT2D eigenvalue weighted by Crippen LogP contribution is 2.52. The summed E-state index contributed by atoms with van der Waals surface area (Å²) >= 11 is 0. The molecule has 3 aromatic rings. The highest BCUT2D eigenvalue weighted by Gasteiger charge is 2.54. The molecule has 0 atom stereocenters. The van der Waals surface area contributed by atoms with Crippen LogP contribution in [0.3, 0.4) is 0 Å². The van der Waals surface area contributed by atoms with Crippen molar-refractivity contribution in [2.24, 2.45) is 5.92 Å². The smallest absolute Gasteiger partial charge is 0.233 e. The van der Waals surface area contributed by atoms with Crippen molar-refractivity contribution in [3.63, 3.8) is 0 Å². The molecule has 2 aliphatic rings. The quantitative estimate of drug-likeness (QED) is 0.696. The molecule has 0 bridgehead atoms. The maximum atomic E-state index is 13.5. The first-order valence-electron chi connectivity index (χ1n) is 10.3. The van der Waals surface area contributed by atoms with Gasteiger partial charge in [0.2, 0.25) is 5.91 Å². The number of rotatable bonds is 4. The van der Waals surface area contributed by atoms with Crippen LogP contribution in [-0.4, -0.2) is 28.9 Å². The standard InChI is InChI=1S/C24H25FN2O/c25-19-6-7-20-21(16-26-22(20)15-19)24(10-11-24)23(28)27-12-8-18(9-13-27)14-17-4-2-1-3-5-17/h1-7,15-16,18,26H,8-14H2. The maximum Gasteiger partial charge on any atom is 0.233 e. The number of carbonyl (C=O) groups is 1. The topological polar surface area (TPSA) is 36.1 Å². The fourth-order valence-corrected chi connectivity index (χ4v) is 4.81. The van der Waals surface area contributed by atoms with Crippen molar-refractivity contribution in [3.05, 3.63) is 71.7 Å². The van der Waals surface area contributed by atoms with Crippen molar-refractivity contribution in [1.82, 2.24) is 9.88 Å². The molecule has 1 aromatic heterocycles. The average molecular weight is 376 g/mol. The van der Waals surface area contributed by atoms with Gasteiger partial charge in [-0.15, -0.1) is 0 Å². The van der Waals surface area contributed by atoms with Gasteiger partial charge in [-0.25, -0.2) is 4.39 Å². The number of piperidine rings is 1. The van der Waals surface area contributed by atoms with Crippen LogP contribution in [0.2, 0.25) is 0 Å². The van der Waals surface area contributed by atoms with Crippen LogP contribution in [0.25, 0.3) is 10.9 Å². The number of hydrogen-bond donors (Lipinski definition) is 1. The molecule has 144 valence electrons. The van der Waals surface area contributed by atoms with Crippen molar-refractivity contribution in [1.29, 1.82) is 0 Å². The molecule has 5 rings (SSSR count). The summed E-state index contributed by atoms with van der Waals surface area (Å²) in [4.78, 5) is 18.6. The number of halogens is 1. The Morgan fingerprint density at radius 1 is 1.11 bits per heavy atom. The number of fused-ring (bicyclic) bond motifs is 1. The highest BCUT2D eigenvalue weighted by atomic mass is 19.1. The van der Waals surface area contributed by atoms with Gasteiger partial charge in [-0.3, -0.25) is 4.79 Å². The normalized spacial score (nSPS) is 19.1. The third kappa shape index (κ3) is 3.01. The number of nitrogens with one attached hydrogen (secondary N) is 1. The summed E-state index contributed by atoms with van der Waals surface area (Å²) in [5.41, 5.74) is 2.80. The van der Waals surface area contributed by atoms with Gasteiger partial charge in [0.25, 0.3) is 0 Å². The van der Waals surface area contributed by atoms with Crippen molar-refractivity contribution in [2.75, 3.05) is 13.1 Å². The molecule has 0 radical (unpaired) electrons. The minimum Gasteiger partial charge on any atom is -0.361 e. The zero-order valence-electron chi connectivity index (χ0n) is 16.0. The van der Waals surface area contributed by atoms with E-state index in [2.05, 4.69) is 40.2 Å². The molecule has 0 unspecified atom stereocenters. The van der Waals surface area contributed by atoms with E-state index in [4.69, 9.17) is 0 Å². The minimum atomic E-state index is -0.400. The van der Waals surface area contributed by atoms with E-state index in [-0.39, 0.29) is 11.7 Å². The first-order chi connectivity index (χ1) is 13.7. The number of amides is 1. The van der Waals surface area contributed by atoms with Gasteiger partial charge in [0.05, 0.1) is 5.41 Å². The van der Waals surface area contributed by atoms with E-state index < -0.39 is 5.41 Å². The third-order valence-corrected chi connectivity index (χ3v) is 6.59. The van der Waals surface area contributed by atoms with Gasteiger partial charge in [-0.05, 0) is 67.3 Å². The number of benzene rings is 2. The van der Waals surface area contributed by atoms with Crippen molar-refractivity contribution in [3.8, 4) is 0 Å². The SMILES string of the molecule is O=C(N1CCC(Cc2ccccc2)CC1)C1(c2c[nH]c3cc(F)ccc23)CC1. The molecule has 1 aliphatic carbocycles. The third-order valence-electron chi connectivity index (χ3n) is 6.59. The van der Waals surface area contributed by atoms with Gasteiger partial charge in [-0.2, -0.15) is 0 Å². The molecule has 4 heteroatoms. The number of hydrogen-bond acceptors (Lipinski definition) is 1. The van der Waals surface area contributed by atoms with E-state index in [0.29, 0.717) is 5.92 Å². The fourth-order valence-electron chi connectivity index (χ4n) is 4.81. The van der Waals surface area contributed by atoms with E-state index in [1.807, 2.05) is 6.20 Å². The number of likely N-dealkylation sites (tertiary alicyclic amines) is 1. The average Bonchev–Trinajstić information content (AvgIpc) is 3.42. The molecule has 28 heavy (non-hydrogen) atoms. The van der Waals surface area contributed by atoms with Crippen molar-refractivity contribution >= 4 is 16.8 Å². The molecule has 0 spiro atoms. The lowest BCUT2D eigenvalue weighted by atomic mass is 9.88. The number of aromatic nitrogens is 1. The summed E-state index contributed by atoms with van der Waals surface area (Å²) in [6.45, 7) is 1.68. The van der Waals surface area contributed by atoms with Crippen LogP contribution in [0.15, 0.2) is 54.7 Å². The number of H-pyrrole nitrogens is 1. The first-order valence-corrected chi connectivity index (χ1v) is 10.3. The van der Waals surface area contributed by atoms with E-state index in [9.17, 15) is 9.18 Å². The van der Waals surface area contributed by atoms with Crippen molar-refractivity contribution in [2.45, 2.75) is 37.5 Å². The lowest BCUT2D eigenvalue weighted by Crippen LogP contribution is -2.44. The number of carbonyl (C=O) groups excluding carboxylic acids is 1. The molecule has 2 fully saturated rings. The number of aromatic amines is 1. The van der Waals surface area contributed by atoms with Crippen LogP contribution in [0.1, 0.15) is 36.8 Å². The molecular formula is C24H25FN2O. The van der Waals surface area contributed by atoms with Gasteiger partial charge in [0.15, 0.2) is 0 Å². The molecule has 1 aliphatic heterocycles. The second kappa shape index (κ2) is 6.77. The monoisotopic (exact) mass is 376 g/mol.